The van der Waals surface area contributed by atoms with Crippen LogP contribution in [0.3, 0.4) is 0 Å². The number of amides is 2. The van der Waals surface area contributed by atoms with Gasteiger partial charge in [-0.25, -0.2) is 0 Å². The van der Waals surface area contributed by atoms with Crippen LogP contribution in [0.25, 0.3) is 0 Å². The molecule has 1 aliphatic heterocycles. The van der Waals surface area contributed by atoms with E-state index in [4.69, 9.17) is 0 Å². The van der Waals surface area contributed by atoms with Gasteiger partial charge in [-0.05, 0) is 42.7 Å². The number of aryl methyl sites for hydroxylation is 1. The zero-order valence-corrected chi connectivity index (χ0v) is 18.3. The first-order chi connectivity index (χ1) is 15.6. The maximum absolute atomic E-state index is 13.4. The van der Waals surface area contributed by atoms with E-state index < -0.39 is 11.2 Å². The predicted octanol–water partition coefficient (Wildman–Crippen LogP) is 5.06. The Morgan fingerprint density at radius 1 is 1.00 bits per heavy atom. The first-order valence-electron chi connectivity index (χ1n) is 10.2. The molecule has 1 aliphatic rings. The van der Waals surface area contributed by atoms with Crippen LogP contribution in [0.2, 0.25) is 0 Å². The number of rotatable bonds is 5. The molecule has 0 saturated carbocycles. The van der Waals surface area contributed by atoms with Crippen molar-refractivity contribution in [3.05, 3.63) is 107 Å². The van der Waals surface area contributed by atoms with Crippen LogP contribution in [0.15, 0.2) is 95.5 Å². The average Bonchev–Trinajstić information content (AvgIpc) is 3.12. The Morgan fingerprint density at radius 2 is 1.62 bits per heavy atom. The van der Waals surface area contributed by atoms with Gasteiger partial charge in [-0.15, -0.1) is 0 Å². The zero-order valence-electron chi connectivity index (χ0n) is 17.5. The summed E-state index contributed by atoms with van der Waals surface area (Å²) in [4.78, 5) is 28.0. The highest BCUT2D eigenvalue weighted by atomic mass is 32.2. The van der Waals surface area contributed by atoms with E-state index in [1.807, 2.05) is 79.7 Å². The van der Waals surface area contributed by atoms with Gasteiger partial charge in [0.15, 0.2) is 0 Å². The highest BCUT2D eigenvalue weighted by Gasteiger charge is 2.40. The summed E-state index contributed by atoms with van der Waals surface area (Å²) >= 11 is 1.26. The van der Waals surface area contributed by atoms with Crippen LogP contribution >= 0.6 is 11.8 Å². The van der Waals surface area contributed by atoms with E-state index in [1.165, 1.54) is 16.7 Å². The van der Waals surface area contributed by atoms with Gasteiger partial charge in [0.1, 0.15) is 16.7 Å². The summed E-state index contributed by atoms with van der Waals surface area (Å²) in [5.74, 6) is -0.671. The molecule has 3 aromatic carbocycles. The van der Waals surface area contributed by atoms with Crippen LogP contribution < -0.4 is 10.2 Å². The molecule has 1 heterocycles. The second kappa shape index (κ2) is 9.54. The molecule has 0 aromatic heterocycles. The Morgan fingerprint density at radius 3 is 2.28 bits per heavy atom. The number of nitriles is 1. The third-order valence-corrected chi connectivity index (χ3v) is 6.44. The normalized spacial score (nSPS) is 17.1. The minimum atomic E-state index is -0.529. The van der Waals surface area contributed by atoms with Crippen molar-refractivity contribution >= 4 is 35.0 Å². The van der Waals surface area contributed by atoms with Crippen LogP contribution in [0.1, 0.15) is 11.1 Å². The van der Waals surface area contributed by atoms with Gasteiger partial charge in [0.25, 0.3) is 5.91 Å². The van der Waals surface area contributed by atoms with Gasteiger partial charge in [-0.3, -0.25) is 14.5 Å². The highest BCUT2D eigenvalue weighted by molar-refractivity contribution is 8.05. The lowest BCUT2D eigenvalue weighted by Gasteiger charge is -2.18. The number of hydrogen-bond donors (Lipinski definition) is 1. The van der Waals surface area contributed by atoms with Crippen molar-refractivity contribution in [3.8, 4) is 6.07 Å². The summed E-state index contributed by atoms with van der Waals surface area (Å²) in [5.41, 5.74) is 3.10. The average molecular weight is 440 g/mol. The van der Waals surface area contributed by atoms with Gasteiger partial charge in [0, 0.05) is 11.4 Å². The first-order valence-corrected chi connectivity index (χ1v) is 11.1. The van der Waals surface area contributed by atoms with E-state index in [0.717, 1.165) is 11.1 Å². The Balaban J connectivity index is 1.72. The molecule has 2 amide bonds. The minimum absolute atomic E-state index is 0.0778. The molecule has 5 nitrogen and oxygen atoms in total. The summed E-state index contributed by atoms with van der Waals surface area (Å²) in [7, 11) is 0. The molecule has 0 bridgehead atoms. The minimum Gasteiger partial charge on any atom is -0.321 e. The second-order valence-corrected chi connectivity index (χ2v) is 8.56. The molecular weight excluding hydrogens is 418 g/mol. The molecule has 4 rings (SSSR count). The van der Waals surface area contributed by atoms with Crippen molar-refractivity contribution in [1.29, 1.82) is 5.26 Å². The standard InChI is InChI=1S/C26H21N3O2S/c1-18-10-8-9-15-22(18)28-24(30)21(17-27)26-29(20-13-6-3-7-14-20)25(31)23(32-26)16-19-11-4-2-5-12-19/h2-15,23H,16H2,1H3,(H,28,30)/b26-21-/t23-/m0/s1. The van der Waals surface area contributed by atoms with E-state index in [9.17, 15) is 14.9 Å². The van der Waals surface area contributed by atoms with E-state index >= 15 is 0 Å². The largest absolute Gasteiger partial charge is 0.321 e. The quantitative estimate of drug-likeness (QED) is 0.445. The Labute approximate surface area is 191 Å². The monoisotopic (exact) mass is 439 g/mol. The van der Waals surface area contributed by atoms with Gasteiger partial charge >= 0.3 is 0 Å². The third kappa shape index (κ3) is 4.43. The van der Waals surface area contributed by atoms with E-state index in [0.29, 0.717) is 22.8 Å². The molecule has 0 aliphatic carbocycles. The lowest BCUT2D eigenvalue weighted by Crippen LogP contribution is -2.30. The molecule has 1 atom stereocenters. The summed E-state index contributed by atoms with van der Waals surface area (Å²) in [5, 5.41) is 12.7. The molecule has 6 heteroatoms. The topological polar surface area (TPSA) is 73.2 Å². The van der Waals surface area contributed by atoms with Crippen LogP contribution in [-0.4, -0.2) is 17.1 Å². The summed E-state index contributed by atoms with van der Waals surface area (Å²) in [6, 6.07) is 28.3. The molecule has 1 fully saturated rings. The van der Waals surface area contributed by atoms with Gasteiger partial charge < -0.3 is 5.32 Å². The number of anilines is 2. The number of hydrogen-bond acceptors (Lipinski definition) is 4. The molecule has 0 spiro atoms. The molecule has 1 saturated heterocycles. The first kappa shape index (κ1) is 21.4. The van der Waals surface area contributed by atoms with Crippen molar-refractivity contribution in [1.82, 2.24) is 0 Å². The third-order valence-electron chi connectivity index (χ3n) is 5.18. The SMILES string of the molecule is Cc1ccccc1NC(=O)/C(C#N)=C1\S[C@@H](Cc2ccccc2)C(=O)N1c1ccccc1. The molecule has 32 heavy (non-hydrogen) atoms. The molecule has 1 N–H and O–H groups in total. The fourth-order valence-electron chi connectivity index (χ4n) is 3.53. The Bertz CT molecular complexity index is 1220. The fourth-order valence-corrected chi connectivity index (χ4v) is 4.83. The van der Waals surface area contributed by atoms with Crippen LogP contribution in [0.5, 0.6) is 0 Å². The summed E-state index contributed by atoms with van der Waals surface area (Å²) in [6.45, 7) is 1.88. The number of carbonyl (C=O) groups is 2. The van der Waals surface area contributed by atoms with Crippen LogP contribution in [-0.2, 0) is 16.0 Å². The van der Waals surface area contributed by atoms with Crippen LogP contribution in [0, 0.1) is 18.3 Å². The highest BCUT2D eigenvalue weighted by Crippen LogP contribution is 2.42. The van der Waals surface area contributed by atoms with Crippen molar-refractivity contribution < 1.29 is 9.59 Å². The maximum atomic E-state index is 13.4. The smallest absolute Gasteiger partial charge is 0.269 e. The van der Waals surface area contributed by atoms with Gasteiger partial charge in [-0.2, -0.15) is 5.26 Å². The van der Waals surface area contributed by atoms with E-state index in [1.54, 1.807) is 18.2 Å². The van der Waals surface area contributed by atoms with Crippen molar-refractivity contribution in [3.63, 3.8) is 0 Å². The zero-order chi connectivity index (χ0) is 22.5. The van der Waals surface area contributed by atoms with Crippen molar-refractivity contribution in [2.75, 3.05) is 10.2 Å². The van der Waals surface area contributed by atoms with E-state index in [-0.39, 0.29) is 11.5 Å². The predicted molar refractivity (Wildman–Crippen MR) is 128 cm³/mol. The lowest BCUT2D eigenvalue weighted by atomic mass is 10.1. The lowest BCUT2D eigenvalue weighted by molar-refractivity contribution is -0.117. The number of nitrogens with one attached hydrogen (secondary N) is 1. The van der Waals surface area contributed by atoms with Gasteiger partial charge in [0.05, 0.1) is 5.25 Å². The number of para-hydroxylation sites is 2. The number of carbonyl (C=O) groups excluding carboxylic acids is 2. The van der Waals surface area contributed by atoms with E-state index in [2.05, 4.69) is 5.32 Å². The second-order valence-electron chi connectivity index (χ2n) is 7.37. The van der Waals surface area contributed by atoms with Gasteiger partial charge in [0.2, 0.25) is 5.91 Å². The van der Waals surface area contributed by atoms with Gasteiger partial charge in [-0.1, -0.05) is 78.5 Å². The van der Waals surface area contributed by atoms with Crippen molar-refractivity contribution in [2.24, 2.45) is 0 Å². The number of thioether (sulfide) groups is 1. The Hall–Kier alpha value is -3.82. The maximum Gasteiger partial charge on any atom is 0.269 e. The van der Waals surface area contributed by atoms with Crippen molar-refractivity contribution in [2.45, 2.75) is 18.6 Å². The Kier molecular flexibility index (Phi) is 6.39. The fraction of sp³-hybridized carbons (Fsp3) is 0.115. The molecule has 3 aromatic rings. The summed E-state index contributed by atoms with van der Waals surface area (Å²) < 4.78 is 0. The number of benzene rings is 3. The molecule has 0 radical (unpaired) electrons. The van der Waals surface area contributed by atoms with Crippen LogP contribution in [0.4, 0.5) is 11.4 Å². The molecular formula is C26H21N3O2S. The number of nitrogens with zero attached hydrogens (tertiary/aromatic N) is 2. The molecule has 0 unspecified atom stereocenters. The summed E-state index contributed by atoms with van der Waals surface area (Å²) in [6.07, 6.45) is 0.509. The molecule has 158 valence electrons.